The predicted octanol–water partition coefficient (Wildman–Crippen LogP) is 5.93. The second kappa shape index (κ2) is 13.6. The van der Waals surface area contributed by atoms with Crippen LogP contribution < -0.4 is 4.74 Å². The number of amidine groups is 1. The Morgan fingerprint density at radius 2 is 1.50 bits per heavy atom. The van der Waals surface area contributed by atoms with E-state index in [2.05, 4.69) is 36.3 Å². The van der Waals surface area contributed by atoms with E-state index < -0.39 is 11.1 Å². The zero-order valence-corrected chi connectivity index (χ0v) is 30.6. The SMILES string of the molecule is CCOc1cc(C(C)(C)C)ncc1C1=N[C@@](C)(c2ccc(Cl)cc2)C(C)(c2ccc(Cl)cc2)N1C(=O)N1CCN(C(=O)Cn2cnnn2)CC1. The molecule has 1 unspecified atom stereocenters. The lowest BCUT2D eigenvalue weighted by Gasteiger charge is -2.47. The van der Waals surface area contributed by atoms with Crippen LogP contribution in [0, 0.1) is 0 Å². The molecule has 2 aromatic heterocycles. The van der Waals surface area contributed by atoms with Gasteiger partial charge in [0.05, 0.1) is 12.2 Å². The molecule has 4 aromatic rings. The van der Waals surface area contributed by atoms with E-state index in [1.807, 2.05) is 75.4 Å². The number of hydrogen-bond donors (Lipinski definition) is 0. The number of hydrogen-bond acceptors (Lipinski definition) is 8. The van der Waals surface area contributed by atoms with Crippen molar-refractivity contribution in [2.24, 2.45) is 4.99 Å². The zero-order chi connectivity index (χ0) is 35.8. The number of ether oxygens (including phenoxy) is 1. The van der Waals surface area contributed by atoms with E-state index in [0.29, 0.717) is 60.0 Å². The third kappa shape index (κ3) is 6.42. The summed E-state index contributed by atoms with van der Waals surface area (Å²) in [5, 5.41) is 12.2. The normalized spacial score (nSPS) is 21.0. The van der Waals surface area contributed by atoms with Gasteiger partial charge in [0.15, 0.2) is 0 Å². The largest absolute Gasteiger partial charge is 0.493 e. The number of urea groups is 1. The lowest BCUT2D eigenvalue weighted by molar-refractivity contribution is -0.133. The topological polar surface area (TPSA) is 122 Å². The molecule has 1 saturated heterocycles. The number of aromatic nitrogens is 5. The minimum Gasteiger partial charge on any atom is -0.493 e. The molecule has 3 amide bonds. The first-order valence-corrected chi connectivity index (χ1v) is 17.3. The van der Waals surface area contributed by atoms with Gasteiger partial charge in [-0.15, -0.1) is 5.10 Å². The maximum atomic E-state index is 15.2. The van der Waals surface area contributed by atoms with Crippen LogP contribution in [0.15, 0.2) is 72.1 Å². The molecule has 0 bridgehead atoms. The number of rotatable bonds is 7. The average Bonchev–Trinajstić information content (AvgIpc) is 3.69. The summed E-state index contributed by atoms with van der Waals surface area (Å²) in [6, 6.07) is 16.8. The molecule has 0 N–H and O–H groups in total. The molecular formula is C36H41Cl2N9O3. The fourth-order valence-electron chi connectivity index (χ4n) is 6.64. The molecule has 2 atom stereocenters. The Labute approximate surface area is 302 Å². The van der Waals surface area contributed by atoms with Gasteiger partial charge in [0, 0.05) is 59.6 Å². The van der Waals surface area contributed by atoms with Crippen molar-refractivity contribution in [1.29, 1.82) is 0 Å². The third-order valence-corrected chi connectivity index (χ3v) is 10.2. The molecule has 6 rings (SSSR count). The number of piperazine rings is 1. The summed E-state index contributed by atoms with van der Waals surface area (Å²) in [5.41, 5.74) is 0.824. The number of nitrogens with zero attached hydrogens (tertiary/aromatic N) is 9. The van der Waals surface area contributed by atoms with Gasteiger partial charge >= 0.3 is 6.03 Å². The monoisotopic (exact) mass is 717 g/mol. The van der Waals surface area contributed by atoms with E-state index in [4.69, 9.17) is 37.9 Å². The summed E-state index contributed by atoms with van der Waals surface area (Å²) in [7, 11) is 0. The smallest absolute Gasteiger partial charge is 0.326 e. The molecule has 50 heavy (non-hydrogen) atoms. The Bertz CT molecular complexity index is 1890. The first-order valence-electron chi connectivity index (χ1n) is 16.6. The highest BCUT2D eigenvalue weighted by Crippen LogP contribution is 2.54. The Balaban J connectivity index is 1.47. The maximum Gasteiger partial charge on any atom is 0.326 e. The summed E-state index contributed by atoms with van der Waals surface area (Å²) >= 11 is 12.8. The van der Waals surface area contributed by atoms with Gasteiger partial charge in [-0.25, -0.2) is 9.48 Å². The fourth-order valence-corrected chi connectivity index (χ4v) is 6.89. The molecule has 2 aliphatic rings. The molecule has 1 fully saturated rings. The average molecular weight is 719 g/mol. The number of aliphatic imine (C=N–C) groups is 1. The van der Waals surface area contributed by atoms with Crippen LogP contribution in [0.2, 0.25) is 10.0 Å². The minimum atomic E-state index is -1.07. The van der Waals surface area contributed by atoms with Gasteiger partial charge in [0.2, 0.25) is 5.91 Å². The molecular weight excluding hydrogens is 677 g/mol. The van der Waals surface area contributed by atoms with Crippen LogP contribution in [0.25, 0.3) is 0 Å². The van der Waals surface area contributed by atoms with Gasteiger partial charge in [0.1, 0.15) is 35.5 Å². The summed E-state index contributed by atoms with van der Waals surface area (Å²) in [5.74, 6) is 0.889. The number of benzene rings is 2. The highest BCUT2D eigenvalue weighted by atomic mass is 35.5. The first-order chi connectivity index (χ1) is 23.8. The van der Waals surface area contributed by atoms with E-state index in [0.717, 1.165) is 16.8 Å². The van der Waals surface area contributed by atoms with Crippen LogP contribution >= 0.6 is 23.2 Å². The number of amides is 3. The Morgan fingerprint density at radius 1 is 0.900 bits per heavy atom. The second-order valence-electron chi connectivity index (χ2n) is 13.8. The molecule has 0 radical (unpaired) electrons. The van der Waals surface area contributed by atoms with Crippen LogP contribution in [-0.2, 0) is 27.8 Å². The quantitative estimate of drug-likeness (QED) is 0.232. The van der Waals surface area contributed by atoms with Crippen molar-refractivity contribution in [2.45, 2.75) is 64.6 Å². The molecule has 2 aromatic carbocycles. The Kier molecular flexibility index (Phi) is 9.62. The molecule has 0 aliphatic carbocycles. The highest BCUT2D eigenvalue weighted by Gasteiger charge is 2.60. The van der Waals surface area contributed by atoms with E-state index >= 15 is 4.79 Å². The molecule has 262 valence electrons. The molecule has 12 nitrogen and oxygen atoms in total. The summed E-state index contributed by atoms with van der Waals surface area (Å²) in [4.78, 5) is 43.8. The zero-order valence-electron chi connectivity index (χ0n) is 29.1. The van der Waals surface area contributed by atoms with E-state index in [1.54, 1.807) is 20.9 Å². The summed E-state index contributed by atoms with van der Waals surface area (Å²) in [6.45, 7) is 14.0. The van der Waals surface area contributed by atoms with Crippen molar-refractivity contribution >= 4 is 41.0 Å². The van der Waals surface area contributed by atoms with Crippen molar-refractivity contribution in [3.63, 3.8) is 0 Å². The van der Waals surface area contributed by atoms with Crippen LogP contribution in [-0.4, -0.2) is 90.5 Å². The Morgan fingerprint density at radius 3 is 2.06 bits per heavy atom. The lowest BCUT2D eigenvalue weighted by atomic mass is 9.71. The van der Waals surface area contributed by atoms with Crippen molar-refractivity contribution in [3.05, 3.63) is 99.6 Å². The van der Waals surface area contributed by atoms with E-state index in [9.17, 15) is 4.79 Å². The summed E-state index contributed by atoms with van der Waals surface area (Å²) in [6.07, 6.45) is 3.16. The van der Waals surface area contributed by atoms with Crippen molar-refractivity contribution in [2.75, 3.05) is 32.8 Å². The maximum absolute atomic E-state index is 15.2. The number of pyridine rings is 1. The molecule has 0 saturated carbocycles. The molecule has 14 heteroatoms. The van der Waals surface area contributed by atoms with E-state index in [1.165, 1.54) is 11.0 Å². The van der Waals surface area contributed by atoms with Gasteiger partial charge in [-0.1, -0.05) is 68.2 Å². The van der Waals surface area contributed by atoms with Crippen molar-refractivity contribution < 1.29 is 14.3 Å². The lowest BCUT2D eigenvalue weighted by Crippen LogP contribution is -2.61. The molecule has 0 spiro atoms. The van der Waals surface area contributed by atoms with Crippen molar-refractivity contribution in [3.8, 4) is 5.75 Å². The van der Waals surface area contributed by atoms with Gasteiger partial charge in [-0.3, -0.25) is 19.7 Å². The minimum absolute atomic E-state index is 0.0235. The van der Waals surface area contributed by atoms with Crippen LogP contribution in [0.3, 0.4) is 0 Å². The Hall–Kier alpha value is -4.55. The highest BCUT2D eigenvalue weighted by molar-refractivity contribution is 6.30. The van der Waals surface area contributed by atoms with Gasteiger partial charge in [-0.2, -0.15) is 0 Å². The van der Waals surface area contributed by atoms with Gasteiger partial charge < -0.3 is 14.5 Å². The fraction of sp³-hybridized carbons (Fsp3) is 0.417. The number of carbonyl (C=O) groups is 2. The van der Waals surface area contributed by atoms with Crippen LogP contribution in [0.4, 0.5) is 4.79 Å². The number of tetrazole rings is 1. The van der Waals surface area contributed by atoms with Crippen molar-refractivity contribution in [1.82, 2.24) is 39.9 Å². The van der Waals surface area contributed by atoms with Gasteiger partial charge in [0.25, 0.3) is 0 Å². The van der Waals surface area contributed by atoms with Crippen LogP contribution in [0.5, 0.6) is 5.75 Å². The number of carbonyl (C=O) groups excluding carboxylic acids is 2. The third-order valence-electron chi connectivity index (χ3n) is 9.71. The standard InChI is InChI=1S/C36H41Cl2N9O3/c1-7-50-29-20-30(34(2,3)4)39-21-28(29)32-41-35(5,24-8-12-26(37)13-9-24)36(6,25-10-14-27(38)15-11-25)47(32)33(49)45-18-16-44(17-19-45)31(48)22-46-23-40-42-43-46/h8-15,20-21,23H,7,16-19,22H2,1-6H3/t35-,36?/m0/s1. The molecule has 4 heterocycles. The molecule has 2 aliphatic heterocycles. The second-order valence-corrected chi connectivity index (χ2v) is 14.7. The van der Waals surface area contributed by atoms with Gasteiger partial charge in [-0.05, 0) is 66.6 Å². The van der Waals surface area contributed by atoms with Crippen LogP contribution in [0.1, 0.15) is 63.9 Å². The number of halogens is 2. The predicted molar refractivity (Wildman–Crippen MR) is 191 cm³/mol. The first kappa shape index (κ1) is 35.3. The van der Waals surface area contributed by atoms with E-state index in [-0.39, 0.29) is 23.9 Å². The summed E-state index contributed by atoms with van der Waals surface area (Å²) < 4.78 is 7.64.